The van der Waals surface area contributed by atoms with Crippen LogP contribution in [0, 0.1) is 0 Å². The maximum Gasteiger partial charge on any atom is 0.410 e. The Bertz CT molecular complexity index is 328. The standard InChI is InChI=1S/C12H21FN2O3/c1-8(16)14-10-5-6-15(7-9(10)13)11(17)18-12(2,3)4/h9-10H,5-7H2,1-4H3,(H,14,16). The molecule has 2 amide bonds. The van der Waals surface area contributed by atoms with Gasteiger partial charge in [-0.15, -0.1) is 0 Å². The lowest BCUT2D eigenvalue weighted by molar-refractivity contribution is -0.120. The summed E-state index contributed by atoms with van der Waals surface area (Å²) >= 11 is 0. The minimum Gasteiger partial charge on any atom is -0.444 e. The summed E-state index contributed by atoms with van der Waals surface area (Å²) in [6.45, 7) is 7.00. The zero-order valence-corrected chi connectivity index (χ0v) is 11.3. The first-order chi connectivity index (χ1) is 8.19. The zero-order chi connectivity index (χ0) is 13.9. The molecule has 2 atom stereocenters. The van der Waals surface area contributed by atoms with E-state index in [2.05, 4.69) is 5.32 Å². The van der Waals surface area contributed by atoms with Crippen molar-refractivity contribution in [1.82, 2.24) is 10.2 Å². The van der Waals surface area contributed by atoms with E-state index in [4.69, 9.17) is 4.74 Å². The summed E-state index contributed by atoms with van der Waals surface area (Å²) in [5, 5.41) is 2.55. The molecule has 104 valence electrons. The number of carbonyl (C=O) groups excluding carboxylic acids is 2. The summed E-state index contributed by atoms with van der Waals surface area (Å²) in [5.74, 6) is -0.256. The summed E-state index contributed by atoms with van der Waals surface area (Å²) < 4.78 is 19.0. The number of nitrogens with zero attached hydrogens (tertiary/aromatic N) is 1. The highest BCUT2D eigenvalue weighted by Gasteiger charge is 2.33. The Labute approximate surface area is 107 Å². The van der Waals surface area contributed by atoms with Crippen molar-refractivity contribution in [3.63, 3.8) is 0 Å². The quantitative estimate of drug-likeness (QED) is 0.776. The first-order valence-corrected chi connectivity index (χ1v) is 6.08. The van der Waals surface area contributed by atoms with E-state index >= 15 is 0 Å². The Morgan fingerprint density at radius 1 is 1.39 bits per heavy atom. The predicted molar refractivity (Wildman–Crippen MR) is 64.9 cm³/mol. The molecule has 1 aliphatic rings. The van der Waals surface area contributed by atoms with Crippen molar-refractivity contribution in [1.29, 1.82) is 0 Å². The van der Waals surface area contributed by atoms with Gasteiger partial charge in [0.2, 0.25) is 5.91 Å². The van der Waals surface area contributed by atoms with E-state index in [1.807, 2.05) is 0 Å². The fourth-order valence-electron chi connectivity index (χ4n) is 1.82. The molecule has 6 heteroatoms. The SMILES string of the molecule is CC(=O)NC1CCN(C(=O)OC(C)(C)C)CC1F. The minimum absolute atomic E-state index is 0.0418. The van der Waals surface area contributed by atoms with E-state index in [9.17, 15) is 14.0 Å². The molecule has 0 aromatic heterocycles. The Morgan fingerprint density at radius 3 is 2.44 bits per heavy atom. The van der Waals surface area contributed by atoms with Gasteiger partial charge in [-0.05, 0) is 27.2 Å². The number of amides is 2. The number of halogens is 1. The van der Waals surface area contributed by atoms with Crippen LogP contribution < -0.4 is 5.32 Å². The second kappa shape index (κ2) is 5.54. The number of rotatable bonds is 1. The van der Waals surface area contributed by atoms with Gasteiger partial charge in [-0.2, -0.15) is 0 Å². The van der Waals surface area contributed by atoms with Crippen molar-refractivity contribution >= 4 is 12.0 Å². The Morgan fingerprint density at radius 2 is 2.00 bits per heavy atom. The lowest BCUT2D eigenvalue weighted by Crippen LogP contribution is -2.54. The van der Waals surface area contributed by atoms with Gasteiger partial charge in [-0.25, -0.2) is 9.18 Å². The Balaban J connectivity index is 2.50. The van der Waals surface area contributed by atoms with Crippen molar-refractivity contribution in [3.8, 4) is 0 Å². The van der Waals surface area contributed by atoms with Crippen LogP contribution in [0.25, 0.3) is 0 Å². The molecule has 5 nitrogen and oxygen atoms in total. The lowest BCUT2D eigenvalue weighted by Gasteiger charge is -2.35. The zero-order valence-electron chi connectivity index (χ0n) is 11.3. The summed E-state index contributed by atoms with van der Waals surface area (Å²) in [6.07, 6.45) is -1.36. The van der Waals surface area contributed by atoms with Crippen LogP contribution in [0.2, 0.25) is 0 Å². The van der Waals surface area contributed by atoms with Gasteiger partial charge in [0, 0.05) is 13.5 Å². The van der Waals surface area contributed by atoms with Gasteiger partial charge in [-0.1, -0.05) is 0 Å². The van der Waals surface area contributed by atoms with Crippen LogP contribution in [-0.4, -0.2) is 47.8 Å². The number of likely N-dealkylation sites (tertiary alicyclic amines) is 1. The van der Waals surface area contributed by atoms with E-state index in [1.54, 1.807) is 20.8 Å². The van der Waals surface area contributed by atoms with Gasteiger partial charge >= 0.3 is 6.09 Å². The van der Waals surface area contributed by atoms with Crippen molar-refractivity contribution in [2.45, 2.75) is 51.9 Å². The van der Waals surface area contributed by atoms with Crippen LogP contribution in [0.4, 0.5) is 9.18 Å². The maximum absolute atomic E-state index is 13.8. The van der Waals surface area contributed by atoms with Gasteiger partial charge < -0.3 is 15.0 Å². The molecule has 1 saturated heterocycles. The first kappa shape index (κ1) is 14.7. The van der Waals surface area contributed by atoms with Crippen molar-refractivity contribution in [2.24, 2.45) is 0 Å². The number of alkyl halides is 1. The number of nitrogens with one attached hydrogen (secondary N) is 1. The molecular weight excluding hydrogens is 239 g/mol. The molecule has 0 aliphatic carbocycles. The highest BCUT2D eigenvalue weighted by Crippen LogP contribution is 2.17. The summed E-state index contributed by atoms with van der Waals surface area (Å²) in [6, 6.07) is -0.513. The second-order valence-electron chi connectivity index (χ2n) is 5.54. The lowest BCUT2D eigenvalue weighted by atomic mass is 10.0. The molecule has 0 bridgehead atoms. The van der Waals surface area contributed by atoms with Crippen LogP contribution in [0.1, 0.15) is 34.1 Å². The highest BCUT2D eigenvalue weighted by atomic mass is 19.1. The molecule has 0 aromatic carbocycles. The molecule has 1 rings (SSSR count). The smallest absolute Gasteiger partial charge is 0.410 e. The van der Waals surface area contributed by atoms with E-state index in [0.717, 1.165) is 0 Å². The normalized spacial score (nSPS) is 24.6. The number of hydrogen-bond donors (Lipinski definition) is 1. The summed E-state index contributed by atoms with van der Waals surface area (Å²) in [7, 11) is 0. The highest BCUT2D eigenvalue weighted by molar-refractivity contribution is 5.73. The van der Waals surface area contributed by atoms with Gasteiger partial charge in [-0.3, -0.25) is 4.79 Å². The topological polar surface area (TPSA) is 58.6 Å². The number of carbonyl (C=O) groups is 2. The second-order valence-corrected chi connectivity index (χ2v) is 5.54. The fourth-order valence-corrected chi connectivity index (χ4v) is 1.82. The minimum atomic E-state index is -1.25. The van der Waals surface area contributed by atoms with Crippen molar-refractivity contribution < 1.29 is 18.7 Å². The number of hydrogen-bond acceptors (Lipinski definition) is 3. The molecule has 0 saturated carbocycles. The van der Waals surface area contributed by atoms with E-state index in [0.29, 0.717) is 13.0 Å². The van der Waals surface area contributed by atoms with Gasteiger partial charge in [0.15, 0.2) is 0 Å². The van der Waals surface area contributed by atoms with Crippen LogP contribution in [0.15, 0.2) is 0 Å². The van der Waals surface area contributed by atoms with Crippen molar-refractivity contribution in [3.05, 3.63) is 0 Å². The third kappa shape index (κ3) is 4.50. The monoisotopic (exact) mass is 260 g/mol. The first-order valence-electron chi connectivity index (χ1n) is 6.08. The summed E-state index contributed by atoms with van der Waals surface area (Å²) in [4.78, 5) is 24.0. The molecule has 0 radical (unpaired) electrons. The molecule has 2 unspecified atom stereocenters. The van der Waals surface area contributed by atoms with Gasteiger partial charge in [0.1, 0.15) is 11.8 Å². The van der Waals surface area contributed by atoms with Crippen LogP contribution in [0.5, 0.6) is 0 Å². The van der Waals surface area contributed by atoms with Gasteiger partial charge in [0.05, 0.1) is 12.6 Å². The maximum atomic E-state index is 13.8. The largest absolute Gasteiger partial charge is 0.444 e. The molecule has 1 fully saturated rings. The van der Waals surface area contributed by atoms with Gasteiger partial charge in [0.25, 0.3) is 0 Å². The Hall–Kier alpha value is -1.33. The molecule has 18 heavy (non-hydrogen) atoms. The molecule has 1 N–H and O–H groups in total. The Kier molecular flexibility index (Phi) is 4.53. The molecule has 0 spiro atoms. The van der Waals surface area contributed by atoms with E-state index < -0.39 is 23.9 Å². The van der Waals surface area contributed by atoms with E-state index in [1.165, 1.54) is 11.8 Å². The third-order valence-corrected chi connectivity index (χ3v) is 2.58. The van der Waals surface area contributed by atoms with Crippen molar-refractivity contribution in [2.75, 3.05) is 13.1 Å². The molecule has 1 aliphatic heterocycles. The van der Waals surface area contributed by atoms with Crippen LogP contribution in [0.3, 0.4) is 0 Å². The fraction of sp³-hybridized carbons (Fsp3) is 0.833. The van der Waals surface area contributed by atoms with Crippen LogP contribution in [-0.2, 0) is 9.53 Å². The van der Waals surface area contributed by atoms with Crippen LogP contribution >= 0.6 is 0 Å². The molecule has 0 aromatic rings. The average Bonchev–Trinajstić information content (AvgIpc) is 2.17. The average molecular weight is 260 g/mol. The summed E-state index contributed by atoms with van der Waals surface area (Å²) in [5.41, 5.74) is -0.586. The molecular formula is C12H21FN2O3. The van der Waals surface area contributed by atoms with E-state index in [-0.39, 0.29) is 12.5 Å². The number of ether oxygens (including phenoxy) is 1. The molecule has 1 heterocycles. The predicted octanol–water partition coefficient (Wildman–Crippen LogP) is 1.47. The third-order valence-electron chi connectivity index (χ3n) is 2.58. The number of piperidine rings is 1.